The van der Waals surface area contributed by atoms with Crippen LogP contribution in [0.15, 0.2) is 48.5 Å². The van der Waals surface area contributed by atoms with Crippen molar-refractivity contribution in [3.63, 3.8) is 0 Å². The number of nitrogens with one attached hydrogen (secondary N) is 1. The molecule has 0 radical (unpaired) electrons. The van der Waals surface area contributed by atoms with E-state index in [4.69, 9.17) is 0 Å². The number of hydrogen-bond acceptors (Lipinski definition) is 4. The maximum absolute atomic E-state index is 13.5. The predicted octanol–water partition coefficient (Wildman–Crippen LogP) is 3.66. The maximum Gasteiger partial charge on any atom is 0.244 e. The molecule has 34 heavy (non-hydrogen) atoms. The van der Waals surface area contributed by atoms with Crippen molar-refractivity contribution in [1.29, 1.82) is 0 Å². The molecule has 0 unspecified atom stereocenters. The van der Waals surface area contributed by atoms with Crippen LogP contribution in [0.4, 0.5) is 5.69 Å². The van der Waals surface area contributed by atoms with Gasteiger partial charge in [-0.15, -0.1) is 0 Å². The van der Waals surface area contributed by atoms with E-state index < -0.39 is 22.0 Å². The minimum atomic E-state index is -3.72. The number of hydrogen-bond donors (Lipinski definition) is 1. The van der Waals surface area contributed by atoms with Gasteiger partial charge in [0.15, 0.2) is 0 Å². The van der Waals surface area contributed by atoms with E-state index in [1.54, 1.807) is 19.1 Å². The van der Waals surface area contributed by atoms with Crippen LogP contribution in [0.25, 0.3) is 0 Å². The van der Waals surface area contributed by atoms with E-state index in [-0.39, 0.29) is 19.0 Å². The molecule has 2 rings (SSSR count). The Hall–Kier alpha value is -2.87. The quantitative estimate of drug-likeness (QED) is 0.463. The Bertz CT molecular complexity index is 1050. The van der Waals surface area contributed by atoms with Gasteiger partial charge in [-0.05, 0) is 49.9 Å². The molecule has 186 valence electrons. The Balaban J connectivity index is 2.32. The molecule has 0 saturated carbocycles. The average Bonchev–Trinajstić information content (AvgIpc) is 2.81. The number of unbranched alkanes of at least 4 members (excludes halogenated alkanes) is 1. The summed E-state index contributed by atoms with van der Waals surface area (Å²) in [6, 6.07) is 14.1. The van der Waals surface area contributed by atoms with Gasteiger partial charge < -0.3 is 10.2 Å². The Labute approximate surface area is 204 Å². The molecule has 0 bridgehead atoms. The highest BCUT2D eigenvalue weighted by Gasteiger charge is 2.30. The number of amides is 2. The van der Waals surface area contributed by atoms with Crippen molar-refractivity contribution in [2.24, 2.45) is 0 Å². The van der Waals surface area contributed by atoms with Crippen molar-refractivity contribution in [2.75, 3.05) is 23.7 Å². The zero-order chi connectivity index (χ0) is 25.3. The van der Waals surface area contributed by atoms with E-state index in [1.165, 1.54) is 4.90 Å². The first kappa shape index (κ1) is 27.4. The first-order valence-electron chi connectivity index (χ1n) is 11.8. The second-order valence-corrected chi connectivity index (χ2v) is 10.5. The summed E-state index contributed by atoms with van der Waals surface area (Å²) in [6.07, 6.45) is 3.70. The lowest BCUT2D eigenvalue weighted by Gasteiger charge is -2.31. The van der Waals surface area contributed by atoms with E-state index >= 15 is 0 Å². The summed E-state index contributed by atoms with van der Waals surface area (Å²) in [6.45, 7) is 8.05. The number of carbonyl (C=O) groups is 2. The Morgan fingerprint density at radius 2 is 1.56 bits per heavy atom. The van der Waals surface area contributed by atoms with Gasteiger partial charge in [-0.1, -0.05) is 62.2 Å². The lowest BCUT2D eigenvalue weighted by molar-refractivity contribution is -0.139. The number of rotatable bonds is 12. The van der Waals surface area contributed by atoms with Gasteiger partial charge in [-0.25, -0.2) is 8.42 Å². The molecule has 0 fully saturated rings. The number of aryl methyl sites for hydroxylation is 2. The number of anilines is 1. The molecule has 2 aromatic carbocycles. The van der Waals surface area contributed by atoms with Gasteiger partial charge in [0.2, 0.25) is 21.8 Å². The lowest BCUT2D eigenvalue weighted by Crippen LogP contribution is -2.51. The van der Waals surface area contributed by atoms with Crippen molar-refractivity contribution >= 4 is 27.5 Å². The van der Waals surface area contributed by atoms with Crippen LogP contribution >= 0.6 is 0 Å². The van der Waals surface area contributed by atoms with Gasteiger partial charge in [-0.3, -0.25) is 13.9 Å². The van der Waals surface area contributed by atoms with Crippen molar-refractivity contribution in [3.8, 4) is 0 Å². The van der Waals surface area contributed by atoms with Crippen LogP contribution in [0, 0.1) is 6.92 Å². The number of nitrogens with zero attached hydrogens (tertiary/aromatic N) is 2. The molecule has 0 aliphatic rings. The lowest BCUT2D eigenvalue weighted by atomic mass is 10.1. The minimum absolute atomic E-state index is 0.202. The summed E-state index contributed by atoms with van der Waals surface area (Å²) in [7, 11) is -3.72. The monoisotopic (exact) mass is 487 g/mol. The SMILES string of the molecule is CCCCNC(=O)[C@H](C)N(Cc1ccc(C)cc1)C(=O)CN(c1ccc(CC)cc1)S(C)(=O)=O. The van der Waals surface area contributed by atoms with E-state index in [9.17, 15) is 18.0 Å². The summed E-state index contributed by atoms with van der Waals surface area (Å²) >= 11 is 0. The highest BCUT2D eigenvalue weighted by atomic mass is 32.2. The largest absolute Gasteiger partial charge is 0.354 e. The third kappa shape index (κ3) is 7.87. The molecule has 1 N–H and O–H groups in total. The normalized spacial score (nSPS) is 12.1. The van der Waals surface area contributed by atoms with Crippen molar-refractivity contribution < 1.29 is 18.0 Å². The standard InChI is InChI=1S/C26H37N3O4S/c1-6-8-17-27-26(31)21(4)28(18-23-11-9-20(3)10-12-23)25(30)19-29(34(5,32)33)24-15-13-22(7-2)14-16-24/h9-16,21H,6-8,17-19H2,1-5H3,(H,27,31)/t21-/m0/s1. The number of benzene rings is 2. The summed E-state index contributed by atoms with van der Waals surface area (Å²) < 4.78 is 26.3. The van der Waals surface area contributed by atoms with Crippen LogP contribution in [0.1, 0.15) is 50.3 Å². The van der Waals surface area contributed by atoms with E-state index in [0.29, 0.717) is 12.2 Å². The third-order valence-corrected chi connectivity index (χ3v) is 6.92. The third-order valence-electron chi connectivity index (χ3n) is 5.78. The van der Waals surface area contributed by atoms with E-state index in [2.05, 4.69) is 5.32 Å². The van der Waals surface area contributed by atoms with Gasteiger partial charge in [0.25, 0.3) is 0 Å². The molecule has 0 spiro atoms. The topological polar surface area (TPSA) is 86.8 Å². The van der Waals surface area contributed by atoms with Crippen LogP contribution in [-0.2, 0) is 32.6 Å². The highest BCUT2D eigenvalue weighted by molar-refractivity contribution is 7.92. The van der Waals surface area contributed by atoms with Crippen LogP contribution in [0.5, 0.6) is 0 Å². The molecule has 2 amide bonds. The van der Waals surface area contributed by atoms with Gasteiger partial charge in [0.1, 0.15) is 12.6 Å². The molecule has 7 nitrogen and oxygen atoms in total. The molecule has 0 aliphatic carbocycles. The van der Waals surface area contributed by atoms with Gasteiger partial charge in [0, 0.05) is 13.1 Å². The fraction of sp³-hybridized carbons (Fsp3) is 0.462. The fourth-order valence-corrected chi connectivity index (χ4v) is 4.37. The second-order valence-electron chi connectivity index (χ2n) is 8.62. The number of carbonyl (C=O) groups excluding carboxylic acids is 2. The number of sulfonamides is 1. The van der Waals surface area contributed by atoms with E-state index in [0.717, 1.165) is 46.5 Å². The molecule has 0 aliphatic heterocycles. The van der Waals surface area contributed by atoms with E-state index in [1.807, 2.05) is 57.2 Å². The summed E-state index contributed by atoms with van der Waals surface area (Å²) in [4.78, 5) is 27.7. The maximum atomic E-state index is 13.5. The van der Waals surface area contributed by atoms with Crippen LogP contribution < -0.4 is 9.62 Å². The molecule has 0 aromatic heterocycles. The zero-order valence-electron chi connectivity index (χ0n) is 20.9. The van der Waals surface area contributed by atoms with Gasteiger partial charge in [0.05, 0.1) is 11.9 Å². The molecule has 2 aromatic rings. The summed E-state index contributed by atoms with van der Waals surface area (Å²) in [5.41, 5.74) is 3.45. The summed E-state index contributed by atoms with van der Waals surface area (Å²) in [5.74, 6) is -0.698. The minimum Gasteiger partial charge on any atom is -0.354 e. The first-order valence-corrected chi connectivity index (χ1v) is 13.6. The van der Waals surface area contributed by atoms with Crippen LogP contribution in [0.2, 0.25) is 0 Å². The molecule has 0 saturated heterocycles. The smallest absolute Gasteiger partial charge is 0.244 e. The molecular weight excluding hydrogens is 450 g/mol. The summed E-state index contributed by atoms with van der Waals surface area (Å²) in [5, 5.41) is 2.88. The predicted molar refractivity (Wildman–Crippen MR) is 137 cm³/mol. The van der Waals surface area contributed by atoms with Crippen molar-refractivity contribution in [3.05, 3.63) is 65.2 Å². The fourth-order valence-electron chi connectivity index (χ4n) is 3.52. The Kier molecular flexibility index (Phi) is 10.1. The average molecular weight is 488 g/mol. The molecule has 0 heterocycles. The van der Waals surface area contributed by atoms with Gasteiger partial charge in [-0.2, -0.15) is 0 Å². The van der Waals surface area contributed by atoms with Crippen LogP contribution in [-0.4, -0.2) is 50.5 Å². The Morgan fingerprint density at radius 3 is 2.09 bits per heavy atom. The zero-order valence-corrected chi connectivity index (χ0v) is 21.7. The Morgan fingerprint density at radius 1 is 0.971 bits per heavy atom. The molecular formula is C26H37N3O4S. The van der Waals surface area contributed by atoms with Crippen LogP contribution in [0.3, 0.4) is 0 Å². The van der Waals surface area contributed by atoms with Gasteiger partial charge >= 0.3 is 0 Å². The molecule has 8 heteroatoms. The van der Waals surface area contributed by atoms with Crippen molar-refractivity contribution in [1.82, 2.24) is 10.2 Å². The second kappa shape index (κ2) is 12.6. The highest BCUT2D eigenvalue weighted by Crippen LogP contribution is 2.20. The molecule has 1 atom stereocenters. The first-order chi connectivity index (χ1) is 16.1. The van der Waals surface area contributed by atoms with Crippen molar-refractivity contribution in [2.45, 2.75) is 59.5 Å².